The van der Waals surface area contributed by atoms with Gasteiger partial charge in [0.1, 0.15) is 5.84 Å². The maximum atomic E-state index is 4.78. The Hall–Kier alpha value is -1.83. The summed E-state index contributed by atoms with van der Waals surface area (Å²) in [5, 5.41) is 6.17. The fraction of sp³-hybridized carbons (Fsp3) is 0.389. The lowest BCUT2D eigenvalue weighted by molar-refractivity contribution is 1.23. The third kappa shape index (κ3) is 1.48. The van der Waals surface area contributed by atoms with Gasteiger partial charge in [0, 0.05) is 5.39 Å². The van der Waals surface area contributed by atoms with Crippen LogP contribution in [0, 0.1) is 41.5 Å². The summed E-state index contributed by atoms with van der Waals surface area (Å²) in [5.74, 6) is 0.983. The van der Waals surface area contributed by atoms with Gasteiger partial charge in [-0.2, -0.15) is 0 Å². The quantitative estimate of drug-likeness (QED) is 0.699. The molecule has 0 fully saturated rings. The van der Waals surface area contributed by atoms with Gasteiger partial charge >= 0.3 is 0 Å². The first kappa shape index (κ1) is 13.2. The van der Waals surface area contributed by atoms with Crippen molar-refractivity contribution in [1.29, 1.82) is 0 Å². The summed E-state index contributed by atoms with van der Waals surface area (Å²) in [7, 11) is 0. The Bertz CT molecular complexity index is 787. The molecule has 0 saturated heterocycles. The summed E-state index contributed by atoms with van der Waals surface area (Å²) in [6.45, 7) is 15.3. The zero-order chi connectivity index (χ0) is 14.8. The molecule has 2 aromatic carbocycles. The van der Waals surface area contributed by atoms with Crippen LogP contribution in [0.1, 0.15) is 40.3 Å². The monoisotopic (exact) mass is 266 g/mol. The first-order valence-electron chi connectivity index (χ1n) is 7.20. The van der Waals surface area contributed by atoms with Gasteiger partial charge in [0.2, 0.25) is 0 Å². The van der Waals surface area contributed by atoms with Crippen molar-refractivity contribution in [3.05, 3.63) is 33.4 Å². The van der Waals surface area contributed by atoms with E-state index in [1.54, 1.807) is 0 Å². The van der Waals surface area contributed by atoms with Gasteiger partial charge in [-0.1, -0.05) is 0 Å². The van der Waals surface area contributed by atoms with Crippen LogP contribution in [0.15, 0.2) is 4.99 Å². The molecule has 2 heteroatoms. The molecule has 0 aliphatic carbocycles. The van der Waals surface area contributed by atoms with Crippen molar-refractivity contribution in [2.45, 2.75) is 48.5 Å². The predicted octanol–water partition coefficient (Wildman–Crippen LogP) is 5.17. The lowest BCUT2D eigenvalue weighted by atomic mass is 9.86. The minimum Gasteiger partial charge on any atom is -0.343 e. The average molecular weight is 266 g/mol. The van der Waals surface area contributed by atoms with E-state index in [9.17, 15) is 0 Å². The second-order valence-electron chi connectivity index (χ2n) is 6.05. The molecule has 0 spiro atoms. The standard InChI is InChI=1S/C18H22N2/c1-8-10(3)15-11(4)9(2)13(6)18-16(15)17(12(8)5)19-14(7)20-18/h1-7H3,(H,19,20). The largest absolute Gasteiger partial charge is 0.343 e. The zero-order valence-corrected chi connectivity index (χ0v) is 13.4. The maximum absolute atomic E-state index is 4.78. The number of rotatable bonds is 0. The van der Waals surface area contributed by atoms with Crippen molar-refractivity contribution in [3.63, 3.8) is 0 Å². The van der Waals surface area contributed by atoms with Crippen molar-refractivity contribution < 1.29 is 0 Å². The number of aliphatic imine (C=N–C) groups is 1. The smallest absolute Gasteiger partial charge is 0.103 e. The van der Waals surface area contributed by atoms with Crippen LogP contribution in [0.5, 0.6) is 0 Å². The number of benzene rings is 2. The fourth-order valence-electron chi connectivity index (χ4n) is 3.37. The van der Waals surface area contributed by atoms with Gasteiger partial charge in [-0.25, -0.2) is 4.99 Å². The van der Waals surface area contributed by atoms with E-state index in [4.69, 9.17) is 4.99 Å². The molecule has 2 aromatic rings. The van der Waals surface area contributed by atoms with E-state index in [2.05, 4.69) is 46.9 Å². The van der Waals surface area contributed by atoms with Crippen LogP contribution >= 0.6 is 0 Å². The number of hydrogen-bond acceptors (Lipinski definition) is 2. The van der Waals surface area contributed by atoms with Gasteiger partial charge in [-0.3, -0.25) is 0 Å². The van der Waals surface area contributed by atoms with E-state index >= 15 is 0 Å². The van der Waals surface area contributed by atoms with E-state index in [0.717, 1.165) is 11.5 Å². The van der Waals surface area contributed by atoms with Gasteiger partial charge in [0.25, 0.3) is 0 Å². The number of nitrogens with zero attached hydrogens (tertiary/aromatic N) is 1. The summed E-state index contributed by atoms with van der Waals surface area (Å²) < 4.78 is 0. The minimum atomic E-state index is 0.983. The van der Waals surface area contributed by atoms with Crippen molar-refractivity contribution in [1.82, 2.24) is 0 Å². The average Bonchev–Trinajstić information content (AvgIpc) is 2.42. The van der Waals surface area contributed by atoms with Crippen LogP contribution in [0.3, 0.4) is 0 Å². The Kier molecular flexibility index (Phi) is 2.69. The molecular weight excluding hydrogens is 244 g/mol. The third-order valence-electron chi connectivity index (χ3n) is 5.05. The molecule has 3 rings (SSSR count). The first-order valence-corrected chi connectivity index (χ1v) is 7.20. The lowest BCUT2D eigenvalue weighted by Crippen LogP contribution is -2.14. The van der Waals surface area contributed by atoms with E-state index < -0.39 is 0 Å². The van der Waals surface area contributed by atoms with E-state index in [1.807, 2.05) is 6.92 Å². The number of aryl methyl sites for hydroxylation is 2. The van der Waals surface area contributed by atoms with Crippen LogP contribution in [-0.4, -0.2) is 5.84 Å². The van der Waals surface area contributed by atoms with E-state index in [0.29, 0.717) is 0 Å². The molecule has 0 radical (unpaired) electrons. The number of nitrogens with one attached hydrogen (secondary N) is 1. The topological polar surface area (TPSA) is 24.4 Å². The van der Waals surface area contributed by atoms with Gasteiger partial charge in [0.05, 0.1) is 11.4 Å². The van der Waals surface area contributed by atoms with Crippen molar-refractivity contribution in [2.24, 2.45) is 4.99 Å². The highest BCUT2D eigenvalue weighted by atomic mass is 15.0. The number of hydrogen-bond donors (Lipinski definition) is 1. The zero-order valence-electron chi connectivity index (χ0n) is 13.4. The van der Waals surface area contributed by atoms with E-state index in [-0.39, 0.29) is 0 Å². The van der Waals surface area contributed by atoms with Crippen molar-refractivity contribution >= 4 is 28.0 Å². The van der Waals surface area contributed by atoms with Gasteiger partial charge in [-0.05, 0) is 87.2 Å². The van der Waals surface area contributed by atoms with Crippen LogP contribution in [0.25, 0.3) is 10.8 Å². The summed E-state index contributed by atoms with van der Waals surface area (Å²) >= 11 is 0. The number of amidine groups is 1. The predicted molar refractivity (Wildman–Crippen MR) is 88.8 cm³/mol. The SMILES string of the molecule is CC1=Nc2c(C)c(C)c(C)c3c(C)c(C)c(C)c(c23)N1. The third-order valence-corrected chi connectivity index (χ3v) is 5.05. The van der Waals surface area contributed by atoms with E-state index in [1.165, 1.54) is 49.8 Å². The second-order valence-corrected chi connectivity index (χ2v) is 6.05. The normalized spacial score (nSPS) is 13.4. The Morgan fingerprint density at radius 2 is 1.15 bits per heavy atom. The molecule has 0 unspecified atom stereocenters. The van der Waals surface area contributed by atoms with Crippen LogP contribution in [-0.2, 0) is 0 Å². The summed E-state index contributed by atoms with van der Waals surface area (Å²) in [4.78, 5) is 4.78. The molecule has 0 aromatic heterocycles. The highest BCUT2D eigenvalue weighted by Crippen LogP contribution is 2.45. The molecular formula is C18H22N2. The van der Waals surface area contributed by atoms with Crippen molar-refractivity contribution in [2.75, 3.05) is 5.32 Å². The molecule has 1 aliphatic heterocycles. The summed E-state index contributed by atoms with van der Waals surface area (Å²) in [6, 6.07) is 0. The highest BCUT2D eigenvalue weighted by Gasteiger charge is 2.22. The van der Waals surface area contributed by atoms with Gasteiger partial charge < -0.3 is 5.32 Å². The molecule has 0 bridgehead atoms. The maximum Gasteiger partial charge on any atom is 0.103 e. The molecule has 1 N–H and O–H groups in total. The highest BCUT2D eigenvalue weighted by molar-refractivity contribution is 6.17. The number of anilines is 1. The first-order chi connectivity index (χ1) is 9.34. The molecule has 0 atom stereocenters. The summed E-state index contributed by atoms with van der Waals surface area (Å²) in [6.07, 6.45) is 0. The molecule has 1 heterocycles. The molecule has 2 nitrogen and oxygen atoms in total. The minimum absolute atomic E-state index is 0.983. The van der Waals surface area contributed by atoms with Crippen LogP contribution in [0.4, 0.5) is 11.4 Å². The Balaban J connectivity index is 2.69. The molecule has 104 valence electrons. The van der Waals surface area contributed by atoms with Crippen LogP contribution in [0.2, 0.25) is 0 Å². The molecule has 1 aliphatic rings. The Morgan fingerprint density at radius 3 is 1.75 bits per heavy atom. The van der Waals surface area contributed by atoms with Crippen molar-refractivity contribution in [3.8, 4) is 0 Å². The lowest BCUT2D eigenvalue weighted by Gasteiger charge is -2.26. The second kappa shape index (κ2) is 4.08. The van der Waals surface area contributed by atoms with Gasteiger partial charge in [-0.15, -0.1) is 0 Å². The molecule has 0 saturated carbocycles. The summed E-state index contributed by atoms with van der Waals surface area (Å²) in [5.41, 5.74) is 10.6. The van der Waals surface area contributed by atoms with Crippen LogP contribution < -0.4 is 5.32 Å². The molecule has 20 heavy (non-hydrogen) atoms. The molecule has 0 amide bonds. The van der Waals surface area contributed by atoms with Gasteiger partial charge in [0.15, 0.2) is 0 Å². The Morgan fingerprint density at radius 1 is 0.600 bits per heavy atom. The fourth-order valence-corrected chi connectivity index (χ4v) is 3.37. The Labute approximate surface area is 120 Å².